The van der Waals surface area contributed by atoms with Crippen LogP contribution in [0.15, 0.2) is 18.2 Å². The van der Waals surface area contributed by atoms with Crippen LogP contribution in [0.5, 0.6) is 0 Å². The van der Waals surface area contributed by atoms with Gasteiger partial charge < -0.3 is 10.2 Å². The Morgan fingerprint density at radius 3 is 2.76 bits per heavy atom. The molecule has 2 rings (SSSR count). The van der Waals surface area contributed by atoms with E-state index in [1.54, 1.807) is 6.07 Å². The van der Waals surface area contributed by atoms with Crippen molar-refractivity contribution in [3.05, 3.63) is 28.8 Å². The van der Waals surface area contributed by atoms with Crippen molar-refractivity contribution in [1.82, 2.24) is 4.90 Å². The van der Waals surface area contributed by atoms with Crippen molar-refractivity contribution in [1.29, 1.82) is 5.26 Å². The number of nitrogens with zero attached hydrogens (tertiary/aromatic N) is 2. The number of nitrogens with one attached hydrogen (secondary N) is 1. The lowest BCUT2D eigenvalue weighted by Gasteiger charge is -2.30. The van der Waals surface area contributed by atoms with Crippen LogP contribution in [0.1, 0.15) is 18.4 Å². The maximum absolute atomic E-state index is 8.91. The summed E-state index contributed by atoms with van der Waals surface area (Å²) in [7, 11) is 2.15. The number of anilines is 1. The standard InChI is InChI=1S/C13H16ClN3/c1-17-6-4-11(5-7-17)16-12-2-3-13(14)10(8-12)9-15/h2-3,8,11,16H,4-7H2,1H3. The van der Waals surface area contributed by atoms with Crippen molar-refractivity contribution in [2.45, 2.75) is 18.9 Å². The van der Waals surface area contributed by atoms with Crippen molar-refractivity contribution in [2.75, 3.05) is 25.5 Å². The molecule has 0 aromatic heterocycles. The highest BCUT2D eigenvalue weighted by atomic mass is 35.5. The van der Waals surface area contributed by atoms with E-state index in [9.17, 15) is 0 Å². The van der Waals surface area contributed by atoms with Gasteiger partial charge in [0, 0.05) is 11.7 Å². The molecule has 0 bridgehead atoms. The van der Waals surface area contributed by atoms with E-state index in [0.29, 0.717) is 16.6 Å². The summed E-state index contributed by atoms with van der Waals surface area (Å²) in [6.07, 6.45) is 2.28. The van der Waals surface area contributed by atoms with E-state index < -0.39 is 0 Å². The van der Waals surface area contributed by atoms with Crippen LogP contribution in [0.3, 0.4) is 0 Å². The predicted molar refractivity (Wildman–Crippen MR) is 70.3 cm³/mol. The lowest BCUT2D eigenvalue weighted by Crippen LogP contribution is -2.36. The Balaban J connectivity index is 2.02. The van der Waals surface area contributed by atoms with Gasteiger partial charge in [-0.15, -0.1) is 0 Å². The van der Waals surface area contributed by atoms with Crippen molar-refractivity contribution in [3.8, 4) is 6.07 Å². The molecule has 0 radical (unpaired) electrons. The summed E-state index contributed by atoms with van der Waals surface area (Å²) >= 11 is 5.90. The molecule has 17 heavy (non-hydrogen) atoms. The van der Waals surface area contributed by atoms with Crippen LogP contribution < -0.4 is 5.32 Å². The van der Waals surface area contributed by atoms with Gasteiger partial charge in [0.1, 0.15) is 6.07 Å². The van der Waals surface area contributed by atoms with Crippen LogP contribution in [0, 0.1) is 11.3 Å². The fourth-order valence-electron chi connectivity index (χ4n) is 2.09. The van der Waals surface area contributed by atoms with E-state index in [1.165, 1.54) is 0 Å². The highest BCUT2D eigenvalue weighted by molar-refractivity contribution is 6.31. The minimum absolute atomic E-state index is 0.499. The fraction of sp³-hybridized carbons (Fsp3) is 0.462. The van der Waals surface area contributed by atoms with Gasteiger partial charge in [-0.3, -0.25) is 0 Å². The summed E-state index contributed by atoms with van der Waals surface area (Å²) in [5, 5.41) is 12.9. The van der Waals surface area contributed by atoms with Crippen molar-refractivity contribution < 1.29 is 0 Å². The first kappa shape index (κ1) is 12.2. The van der Waals surface area contributed by atoms with Gasteiger partial charge >= 0.3 is 0 Å². The molecule has 0 amide bonds. The van der Waals surface area contributed by atoms with Crippen molar-refractivity contribution >= 4 is 17.3 Å². The van der Waals surface area contributed by atoms with E-state index in [0.717, 1.165) is 31.6 Å². The molecule has 1 aromatic rings. The third-order valence-electron chi connectivity index (χ3n) is 3.18. The SMILES string of the molecule is CN1CCC(Nc2ccc(Cl)c(C#N)c2)CC1. The Labute approximate surface area is 107 Å². The molecule has 0 spiro atoms. The van der Waals surface area contributed by atoms with Crippen LogP contribution in [0.4, 0.5) is 5.69 Å². The van der Waals surface area contributed by atoms with Gasteiger partial charge in [0.05, 0.1) is 10.6 Å². The smallest absolute Gasteiger partial charge is 0.101 e. The second-order valence-electron chi connectivity index (χ2n) is 4.53. The third kappa shape index (κ3) is 3.12. The van der Waals surface area contributed by atoms with Gasteiger partial charge in [0.2, 0.25) is 0 Å². The minimum atomic E-state index is 0.499. The number of likely N-dealkylation sites (tertiary alicyclic amines) is 1. The molecule has 4 heteroatoms. The molecule has 0 aliphatic carbocycles. The van der Waals surface area contributed by atoms with Crippen LogP contribution in [-0.4, -0.2) is 31.1 Å². The molecular weight excluding hydrogens is 234 g/mol. The molecular formula is C13H16ClN3. The summed E-state index contributed by atoms with van der Waals surface area (Å²) in [5.41, 5.74) is 1.52. The largest absolute Gasteiger partial charge is 0.382 e. The molecule has 1 fully saturated rings. The monoisotopic (exact) mass is 249 g/mol. The number of halogens is 1. The molecule has 1 heterocycles. The first-order valence-corrected chi connectivity index (χ1v) is 6.21. The quantitative estimate of drug-likeness (QED) is 0.876. The van der Waals surface area contributed by atoms with E-state index in [2.05, 4.69) is 23.3 Å². The topological polar surface area (TPSA) is 39.1 Å². The summed E-state index contributed by atoms with van der Waals surface area (Å²) in [4.78, 5) is 2.33. The molecule has 1 N–H and O–H groups in total. The van der Waals surface area contributed by atoms with Crippen molar-refractivity contribution in [2.24, 2.45) is 0 Å². The van der Waals surface area contributed by atoms with Gasteiger partial charge in [-0.25, -0.2) is 0 Å². The molecule has 0 unspecified atom stereocenters. The van der Waals surface area contributed by atoms with E-state index in [-0.39, 0.29) is 0 Å². The van der Waals surface area contributed by atoms with Gasteiger partial charge in [-0.1, -0.05) is 11.6 Å². The number of hydrogen-bond donors (Lipinski definition) is 1. The number of rotatable bonds is 2. The summed E-state index contributed by atoms with van der Waals surface area (Å²) in [6.45, 7) is 2.24. The molecule has 1 saturated heterocycles. The van der Waals surface area contributed by atoms with Crippen LogP contribution in [0.25, 0.3) is 0 Å². The van der Waals surface area contributed by atoms with Gasteiger partial charge in [0.15, 0.2) is 0 Å². The number of benzene rings is 1. The maximum Gasteiger partial charge on any atom is 0.101 e. The Morgan fingerprint density at radius 1 is 1.41 bits per heavy atom. The normalized spacial score (nSPS) is 17.7. The van der Waals surface area contributed by atoms with Crippen molar-refractivity contribution in [3.63, 3.8) is 0 Å². The fourth-order valence-corrected chi connectivity index (χ4v) is 2.25. The number of piperidine rings is 1. The van der Waals surface area contributed by atoms with Gasteiger partial charge in [-0.2, -0.15) is 5.26 Å². The predicted octanol–water partition coefficient (Wildman–Crippen LogP) is 2.72. The first-order valence-electron chi connectivity index (χ1n) is 5.84. The number of hydrogen-bond acceptors (Lipinski definition) is 3. The molecule has 1 aliphatic heterocycles. The lowest BCUT2D eigenvalue weighted by atomic mass is 10.0. The van der Waals surface area contributed by atoms with Gasteiger partial charge in [0.25, 0.3) is 0 Å². The average molecular weight is 250 g/mol. The van der Waals surface area contributed by atoms with Crippen LogP contribution in [-0.2, 0) is 0 Å². The zero-order valence-electron chi connectivity index (χ0n) is 9.91. The zero-order chi connectivity index (χ0) is 12.3. The molecule has 0 saturated carbocycles. The van der Waals surface area contributed by atoms with E-state index >= 15 is 0 Å². The number of nitriles is 1. The highest BCUT2D eigenvalue weighted by Crippen LogP contribution is 2.22. The van der Waals surface area contributed by atoms with E-state index in [4.69, 9.17) is 16.9 Å². The Bertz CT molecular complexity index is 431. The summed E-state index contributed by atoms with van der Waals surface area (Å²) < 4.78 is 0. The second kappa shape index (κ2) is 5.39. The Hall–Kier alpha value is -1.24. The van der Waals surface area contributed by atoms with E-state index in [1.807, 2.05) is 12.1 Å². The summed E-state index contributed by atoms with van der Waals surface area (Å²) in [5.74, 6) is 0. The molecule has 0 atom stereocenters. The lowest BCUT2D eigenvalue weighted by molar-refractivity contribution is 0.264. The molecule has 1 aromatic carbocycles. The molecule has 3 nitrogen and oxygen atoms in total. The van der Waals surface area contributed by atoms with Gasteiger partial charge in [-0.05, 0) is 51.2 Å². The minimum Gasteiger partial charge on any atom is -0.382 e. The van der Waals surface area contributed by atoms with Crippen LogP contribution >= 0.6 is 11.6 Å². The average Bonchev–Trinajstić information content (AvgIpc) is 2.34. The maximum atomic E-state index is 8.91. The molecule has 1 aliphatic rings. The molecule has 90 valence electrons. The zero-order valence-corrected chi connectivity index (χ0v) is 10.7. The Kier molecular flexibility index (Phi) is 3.88. The van der Waals surface area contributed by atoms with Crippen LogP contribution in [0.2, 0.25) is 5.02 Å². The third-order valence-corrected chi connectivity index (χ3v) is 3.51. The Morgan fingerprint density at radius 2 is 2.12 bits per heavy atom. The first-order chi connectivity index (χ1) is 8.19. The second-order valence-corrected chi connectivity index (χ2v) is 4.94. The summed E-state index contributed by atoms with van der Waals surface area (Å²) in [6, 6.07) is 8.13. The highest BCUT2D eigenvalue weighted by Gasteiger charge is 2.16.